The van der Waals surface area contributed by atoms with Crippen molar-refractivity contribution in [2.45, 2.75) is 10.1 Å². The molecule has 1 aliphatic heterocycles. The number of imide groups is 1. The molecule has 0 unspecified atom stereocenters. The zero-order chi connectivity index (χ0) is 20.6. The Morgan fingerprint density at radius 2 is 1.60 bits per heavy atom. The lowest BCUT2D eigenvalue weighted by atomic mass is 10.00. The molecule has 0 saturated heterocycles. The molecule has 146 valence electrons. The number of hydrogen-bond acceptors (Lipinski definition) is 4. The second kappa shape index (κ2) is 5.96. The quantitative estimate of drug-likeness (QED) is 0.431. The molecular weight excluding hydrogens is 396 g/mol. The third kappa shape index (κ3) is 2.12. The highest BCUT2D eigenvalue weighted by atomic mass is 32.2. The summed E-state index contributed by atoms with van der Waals surface area (Å²) >= 11 is 1.53. The van der Waals surface area contributed by atoms with Crippen molar-refractivity contribution in [3.63, 3.8) is 0 Å². The Morgan fingerprint density at radius 3 is 2.40 bits per heavy atom. The van der Waals surface area contributed by atoms with Gasteiger partial charge in [0.25, 0.3) is 11.8 Å². The van der Waals surface area contributed by atoms with Crippen molar-refractivity contribution >= 4 is 56.4 Å². The van der Waals surface area contributed by atoms with Crippen LogP contribution in [0.15, 0.2) is 64.6 Å². The van der Waals surface area contributed by atoms with Gasteiger partial charge in [0.2, 0.25) is 0 Å². The third-order valence-electron chi connectivity index (χ3n) is 5.72. The lowest BCUT2D eigenvalue weighted by Crippen LogP contribution is -2.24. The minimum atomic E-state index is -0.304. The van der Waals surface area contributed by atoms with Gasteiger partial charge in [0, 0.05) is 35.3 Å². The molecule has 1 N–H and O–H groups in total. The molecule has 1 aliphatic rings. The van der Waals surface area contributed by atoms with Gasteiger partial charge in [-0.3, -0.25) is 14.5 Å². The zero-order valence-electron chi connectivity index (χ0n) is 16.3. The lowest BCUT2D eigenvalue weighted by Gasteiger charge is -2.04. The molecule has 30 heavy (non-hydrogen) atoms. The van der Waals surface area contributed by atoms with Gasteiger partial charge in [-0.2, -0.15) is 0 Å². The molecule has 6 nitrogen and oxygen atoms in total. The van der Waals surface area contributed by atoms with Crippen molar-refractivity contribution in [3.05, 3.63) is 65.7 Å². The minimum absolute atomic E-state index is 0.283. The van der Waals surface area contributed by atoms with Crippen LogP contribution in [0, 0.1) is 0 Å². The number of para-hydroxylation sites is 1. The summed E-state index contributed by atoms with van der Waals surface area (Å²) in [6.07, 6.45) is 0. The fraction of sp³-hybridized carbons (Fsp3) is 0.0870. The molecule has 0 aliphatic carbocycles. The number of fused-ring (bicyclic) bond motifs is 8. The Labute approximate surface area is 175 Å². The topological polar surface area (TPSA) is 71.0 Å². The minimum Gasteiger partial charge on any atom is -0.353 e. The molecule has 0 fully saturated rings. The maximum atomic E-state index is 13.0. The summed E-state index contributed by atoms with van der Waals surface area (Å²) in [5, 5.41) is 2.48. The Morgan fingerprint density at radius 1 is 0.900 bits per heavy atom. The summed E-state index contributed by atoms with van der Waals surface area (Å²) in [5.41, 5.74) is 3.98. The van der Waals surface area contributed by atoms with E-state index in [0.717, 1.165) is 37.4 Å². The van der Waals surface area contributed by atoms with Gasteiger partial charge >= 0.3 is 0 Å². The normalized spacial score (nSPS) is 13.9. The molecule has 0 atom stereocenters. The highest BCUT2D eigenvalue weighted by Crippen LogP contribution is 2.42. The Hall–Kier alpha value is -3.58. The fourth-order valence-corrected chi connectivity index (χ4v) is 5.17. The molecule has 0 radical (unpaired) electrons. The molecule has 6 rings (SSSR count). The molecule has 0 saturated carbocycles. The van der Waals surface area contributed by atoms with Crippen molar-refractivity contribution in [1.29, 1.82) is 0 Å². The zero-order valence-corrected chi connectivity index (χ0v) is 17.1. The average Bonchev–Trinajstić information content (AvgIpc) is 3.36. The second-order valence-electron chi connectivity index (χ2n) is 7.41. The van der Waals surface area contributed by atoms with Crippen LogP contribution in [-0.4, -0.2) is 38.3 Å². The Balaban J connectivity index is 1.77. The summed E-state index contributed by atoms with van der Waals surface area (Å²) in [4.78, 5) is 36.6. The average molecular weight is 412 g/mol. The van der Waals surface area contributed by atoms with Crippen LogP contribution in [0.1, 0.15) is 20.7 Å². The number of hydrogen-bond donors (Lipinski definition) is 1. The number of nitrogens with zero attached hydrogens (tertiary/aromatic N) is 3. The van der Waals surface area contributed by atoms with Crippen molar-refractivity contribution in [3.8, 4) is 0 Å². The number of benzene rings is 3. The van der Waals surface area contributed by atoms with Crippen LogP contribution in [0.3, 0.4) is 0 Å². The van der Waals surface area contributed by atoms with Gasteiger partial charge in [-0.05, 0) is 18.2 Å². The van der Waals surface area contributed by atoms with Crippen LogP contribution in [-0.2, 0) is 7.05 Å². The molecule has 2 aromatic heterocycles. The van der Waals surface area contributed by atoms with E-state index in [1.165, 1.54) is 23.7 Å². The molecule has 5 aromatic rings. The smallest absolute Gasteiger partial charge is 0.263 e. The Bertz CT molecular complexity index is 1530. The molecule has 3 aromatic carbocycles. The maximum Gasteiger partial charge on any atom is 0.263 e. The van der Waals surface area contributed by atoms with Crippen LogP contribution in [0.4, 0.5) is 0 Å². The van der Waals surface area contributed by atoms with Crippen LogP contribution in [0.5, 0.6) is 0 Å². The van der Waals surface area contributed by atoms with E-state index in [2.05, 4.69) is 4.98 Å². The summed E-state index contributed by atoms with van der Waals surface area (Å²) in [5.74, 6) is -0.587. The summed E-state index contributed by atoms with van der Waals surface area (Å²) < 4.78 is 2.00. The fourth-order valence-electron chi connectivity index (χ4n) is 4.30. The van der Waals surface area contributed by atoms with Crippen LogP contribution in [0.2, 0.25) is 0 Å². The van der Waals surface area contributed by atoms with Crippen molar-refractivity contribution in [1.82, 2.24) is 19.4 Å². The van der Waals surface area contributed by atoms with Crippen LogP contribution < -0.4 is 0 Å². The van der Waals surface area contributed by atoms with Crippen molar-refractivity contribution in [2.24, 2.45) is 7.05 Å². The molecule has 0 bridgehead atoms. The van der Waals surface area contributed by atoms with E-state index in [1.54, 1.807) is 0 Å². The largest absolute Gasteiger partial charge is 0.353 e. The number of amides is 2. The number of carbonyl (C=O) groups is 2. The second-order valence-corrected chi connectivity index (χ2v) is 8.45. The summed E-state index contributed by atoms with van der Waals surface area (Å²) in [6, 6.07) is 17.8. The number of rotatable bonds is 2. The van der Waals surface area contributed by atoms with Gasteiger partial charge in [0.15, 0.2) is 5.16 Å². The van der Waals surface area contributed by atoms with E-state index >= 15 is 0 Å². The predicted molar refractivity (Wildman–Crippen MR) is 117 cm³/mol. The summed E-state index contributed by atoms with van der Waals surface area (Å²) in [6.45, 7) is 0. The van der Waals surface area contributed by atoms with Gasteiger partial charge in [0.05, 0.1) is 22.2 Å². The SMILES string of the molecule is CN1C(=O)c2c(c3c4ccccc4[nH]c3c3c2nc(Sc2ccccc2)n3C)C1=O. The van der Waals surface area contributed by atoms with Gasteiger partial charge in [-0.15, -0.1) is 0 Å². The predicted octanol–water partition coefficient (Wildman–Crippen LogP) is 4.58. The molecular formula is C23H16N4O2S. The molecule has 3 heterocycles. The maximum absolute atomic E-state index is 13.0. The number of aryl methyl sites for hydroxylation is 1. The number of nitrogens with one attached hydrogen (secondary N) is 1. The first-order valence-electron chi connectivity index (χ1n) is 9.54. The number of H-pyrrole nitrogens is 1. The van der Waals surface area contributed by atoms with Crippen LogP contribution >= 0.6 is 11.8 Å². The van der Waals surface area contributed by atoms with Gasteiger partial charge < -0.3 is 9.55 Å². The van der Waals surface area contributed by atoms with E-state index in [1.807, 2.05) is 66.2 Å². The monoisotopic (exact) mass is 412 g/mol. The third-order valence-corrected chi connectivity index (χ3v) is 6.78. The van der Waals surface area contributed by atoms with Crippen LogP contribution in [0.25, 0.3) is 32.8 Å². The van der Waals surface area contributed by atoms with E-state index < -0.39 is 0 Å². The molecule has 0 spiro atoms. The highest BCUT2D eigenvalue weighted by Gasteiger charge is 2.39. The first-order valence-corrected chi connectivity index (χ1v) is 10.4. The standard InChI is InChI=1S/C23H16N4O2S/c1-26-20-18-15(13-10-6-7-11-14(13)24-18)16-17(22(29)27(2)21(16)28)19(20)25-23(26)30-12-8-4-3-5-9-12/h3-11,24H,1-2H3. The van der Waals surface area contributed by atoms with E-state index in [0.29, 0.717) is 16.6 Å². The number of carbonyl (C=O) groups excluding carboxylic acids is 2. The van der Waals surface area contributed by atoms with Gasteiger partial charge in [-0.1, -0.05) is 48.2 Å². The van der Waals surface area contributed by atoms with E-state index in [9.17, 15) is 9.59 Å². The first-order chi connectivity index (χ1) is 14.6. The van der Waals surface area contributed by atoms with E-state index in [-0.39, 0.29) is 11.8 Å². The van der Waals surface area contributed by atoms with Gasteiger partial charge in [-0.25, -0.2) is 4.98 Å². The lowest BCUT2D eigenvalue weighted by molar-refractivity contribution is 0.0694. The highest BCUT2D eigenvalue weighted by molar-refractivity contribution is 7.99. The molecule has 2 amide bonds. The van der Waals surface area contributed by atoms with Crippen molar-refractivity contribution < 1.29 is 9.59 Å². The number of aromatic amines is 1. The van der Waals surface area contributed by atoms with Gasteiger partial charge in [0.1, 0.15) is 5.52 Å². The number of aromatic nitrogens is 3. The summed E-state index contributed by atoms with van der Waals surface area (Å²) in [7, 11) is 3.47. The van der Waals surface area contributed by atoms with Crippen molar-refractivity contribution in [2.75, 3.05) is 7.05 Å². The molecule has 7 heteroatoms. The first kappa shape index (κ1) is 17.3. The van der Waals surface area contributed by atoms with E-state index in [4.69, 9.17) is 4.98 Å². The Kier molecular flexibility index (Phi) is 3.44. The number of imidazole rings is 1.